The summed E-state index contributed by atoms with van der Waals surface area (Å²) in [7, 11) is -3.81. The molecule has 1 aliphatic carbocycles. The van der Waals surface area contributed by atoms with Crippen LogP contribution in [0.4, 0.5) is 5.69 Å². The predicted octanol–water partition coefficient (Wildman–Crippen LogP) is 2.45. The number of benzene rings is 1. The molecule has 1 aromatic carbocycles. The van der Waals surface area contributed by atoms with Gasteiger partial charge < -0.3 is 10.1 Å². The molecule has 1 amide bonds. The molecule has 26 heavy (non-hydrogen) atoms. The van der Waals surface area contributed by atoms with Crippen molar-refractivity contribution in [1.29, 1.82) is 0 Å². The van der Waals surface area contributed by atoms with Crippen LogP contribution in [0.2, 0.25) is 0 Å². The fourth-order valence-corrected chi connectivity index (χ4v) is 3.78. The Kier molecular flexibility index (Phi) is 5.24. The van der Waals surface area contributed by atoms with E-state index in [0.717, 1.165) is 25.7 Å². The highest BCUT2D eigenvalue weighted by atomic mass is 32.2. The minimum absolute atomic E-state index is 0.0111. The Morgan fingerprint density at radius 2 is 2.00 bits per heavy atom. The van der Waals surface area contributed by atoms with Crippen molar-refractivity contribution in [2.45, 2.75) is 42.6 Å². The van der Waals surface area contributed by atoms with Gasteiger partial charge in [0.15, 0.2) is 0 Å². The molecule has 138 valence electrons. The minimum Gasteiger partial charge on any atom is -0.487 e. The van der Waals surface area contributed by atoms with Gasteiger partial charge >= 0.3 is 0 Å². The first-order valence-electron chi connectivity index (χ1n) is 8.38. The van der Waals surface area contributed by atoms with Crippen molar-refractivity contribution in [3.63, 3.8) is 0 Å². The monoisotopic (exact) mass is 375 g/mol. The summed E-state index contributed by atoms with van der Waals surface area (Å²) in [5.74, 6) is 0.232. The molecule has 0 atom stereocenters. The summed E-state index contributed by atoms with van der Waals surface area (Å²) >= 11 is 0. The number of nitrogens with zero attached hydrogens (tertiary/aromatic N) is 1. The lowest BCUT2D eigenvalue weighted by atomic mass is 9.96. The Hall–Kier alpha value is -2.45. The number of nitrogens with two attached hydrogens (primary N) is 1. The molecule has 8 heteroatoms. The van der Waals surface area contributed by atoms with Crippen molar-refractivity contribution in [2.75, 3.05) is 5.32 Å². The summed E-state index contributed by atoms with van der Waals surface area (Å²) in [5, 5.41) is 8.00. The molecule has 0 saturated heterocycles. The van der Waals surface area contributed by atoms with Crippen LogP contribution in [-0.4, -0.2) is 24.9 Å². The van der Waals surface area contributed by atoms with E-state index < -0.39 is 15.6 Å². The van der Waals surface area contributed by atoms with Crippen molar-refractivity contribution < 1.29 is 17.9 Å². The Labute approximate surface area is 152 Å². The van der Waals surface area contributed by atoms with Crippen LogP contribution in [-0.2, 0) is 14.8 Å². The van der Waals surface area contributed by atoms with Crippen molar-refractivity contribution >= 4 is 21.6 Å². The fourth-order valence-electron chi connectivity index (χ4n) is 3.23. The summed E-state index contributed by atoms with van der Waals surface area (Å²) in [5.41, 5.74) is -0.0228. The number of rotatable bonds is 6. The van der Waals surface area contributed by atoms with Gasteiger partial charge in [-0.1, -0.05) is 6.07 Å². The third-order valence-corrected chi connectivity index (χ3v) is 5.32. The second-order valence-electron chi connectivity index (χ2n) is 6.48. The standard InChI is InChI=1S/C18H21N3O4S/c19-26(23,24)16-7-3-6-15(11-16)25-18(8-1-2-9-18)12-17(22)21-14-5-4-10-20-13-14/h3-7,10-11,13H,1-2,8-9,12H2,(H,21,22)(H2,19,23,24). The van der Waals surface area contributed by atoms with E-state index in [1.807, 2.05) is 0 Å². The van der Waals surface area contributed by atoms with Gasteiger partial charge in [0, 0.05) is 12.3 Å². The molecule has 1 aliphatic rings. The van der Waals surface area contributed by atoms with E-state index >= 15 is 0 Å². The van der Waals surface area contributed by atoms with Gasteiger partial charge in [-0.2, -0.15) is 0 Å². The number of primary sulfonamides is 1. The SMILES string of the molecule is NS(=O)(=O)c1cccc(OC2(CC(=O)Nc3cccnc3)CCCC2)c1. The normalized spacial score (nSPS) is 16.2. The maximum atomic E-state index is 12.5. The Bertz CT molecular complexity index is 878. The maximum Gasteiger partial charge on any atom is 0.238 e. The van der Waals surface area contributed by atoms with Gasteiger partial charge in [0.25, 0.3) is 0 Å². The van der Waals surface area contributed by atoms with E-state index in [1.54, 1.807) is 36.7 Å². The van der Waals surface area contributed by atoms with Gasteiger partial charge in [0.05, 0.1) is 23.2 Å². The summed E-state index contributed by atoms with van der Waals surface area (Å²) < 4.78 is 29.2. The van der Waals surface area contributed by atoms with Crippen LogP contribution in [0.3, 0.4) is 0 Å². The molecule has 3 N–H and O–H groups in total. The molecule has 7 nitrogen and oxygen atoms in total. The van der Waals surface area contributed by atoms with Gasteiger partial charge in [0.1, 0.15) is 11.4 Å². The first-order valence-corrected chi connectivity index (χ1v) is 9.93. The zero-order valence-electron chi connectivity index (χ0n) is 14.2. The van der Waals surface area contributed by atoms with Crippen LogP contribution in [0.5, 0.6) is 5.75 Å². The Morgan fingerprint density at radius 1 is 1.23 bits per heavy atom. The molecule has 1 heterocycles. The van der Waals surface area contributed by atoms with Gasteiger partial charge in [-0.15, -0.1) is 0 Å². The number of carbonyl (C=O) groups excluding carboxylic acids is 1. The fraction of sp³-hybridized carbons (Fsp3) is 0.333. The van der Waals surface area contributed by atoms with E-state index in [-0.39, 0.29) is 17.2 Å². The average Bonchev–Trinajstić information content (AvgIpc) is 3.03. The van der Waals surface area contributed by atoms with E-state index in [1.165, 1.54) is 12.1 Å². The number of amides is 1. The molecule has 0 spiro atoms. The highest BCUT2D eigenvalue weighted by molar-refractivity contribution is 7.89. The number of nitrogens with one attached hydrogen (secondary N) is 1. The Morgan fingerprint density at radius 3 is 2.65 bits per heavy atom. The van der Waals surface area contributed by atoms with Crippen LogP contribution in [0.25, 0.3) is 0 Å². The molecular weight excluding hydrogens is 354 g/mol. The Balaban J connectivity index is 1.75. The van der Waals surface area contributed by atoms with E-state index in [0.29, 0.717) is 11.4 Å². The van der Waals surface area contributed by atoms with Gasteiger partial charge in [-0.05, 0) is 49.9 Å². The molecule has 0 radical (unpaired) electrons. The van der Waals surface area contributed by atoms with Crippen molar-refractivity contribution in [2.24, 2.45) is 5.14 Å². The van der Waals surface area contributed by atoms with Crippen molar-refractivity contribution in [3.8, 4) is 5.75 Å². The average molecular weight is 375 g/mol. The third kappa shape index (κ3) is 4.59. The predicted molar refractivity (Wildman–Crippen MR) is 97.1 cm³/mol. The highest BCUT2D eigenvalue weighted by Crippen LogP contribution is 2.37. The first-order chi connectivity index (χ1) is 12.4. The second-order valence-corrected chi connectivity index (χ2v) is 8.04. The molecule has 2 aromatic rings. The zero-order chi connectivity index (χ0) is 18.6. The third-order valence-electron chi connectivity index (χ3n) is 4.41. The topological polar surface area (TPSA) is 111 Å². The van der Waals surface area contributed by atoms with Crippen molar-refractivity contribution in [1.82, 2.24) is 4.98 Å². The molecule has 1 fully saturated rings. The van der Waals surface area contributed by atoms with Crippen LogP contribution >= 0.6 is 0 Å². The van der Waals surface area contributed by atoms with Crippen molar-refractivity contribution in [3.05, 3.63) is 48.8 Å². The van der Waals surface area contributed by atoms with Gasteiger partial charge in [-0.25, -0.2) is 13.6 Å². The van der Waals surface area contributed by atoms with E-state index in [9.17, 15) is 13.2 Å². The number of anilines is 1. The lowest BCUT2D eigenvalue weighted by Gasteiger charge is -2.30. The molecule has 0 aliphatic heterocycles. The van der Waals surface area contributed by atoms with Gasteiger partial charge in [0.2, 0.25) is 15.9 Å². The largest absolute Gasteiger partial charge is 0.487 e. The zero-order valence-corrected chi connectivity index (χ0v) is 15.0. The summed E-state index contributed by atoms with van der Waals surface area (Å²) in [6.07, 6.45) is 6.76. The quantitative estimate of drug-likeness (QED) is 0.805. The lowest BCUT2D eigenvalue weighted by molar-refractivity contribution is -0.120. The molecule has 0 bridgehead atoms. The summed E-state index contributed by atoms with van der Waals surface area (Å²) in [4.78, 5) is 16.4. The van der Waals surface area contributed by atoms with E-state index in [2.05, 4.69) is 10.3 Å². The summed E-state index contributed by atoms with van der Waals surface area (Å²) in [6.45, 7) is 0. The smallest absolute Gasteiger partial charge is 0.238 e. The van der Waals surface area contributed by atoms with Crippen LogP contribution < -0.4 is 15.2 Å². The second kappa shape index (κ2) is 7.43. The number of ether oxygens (including phenoxy) is 1. The molecule has 3 rings (SSSR count). The number of hydrogen-bond donors (Lipinski definition) is 2. The molecule has 1 aromatic heterocycles. The first kappa shape index (κ1) is 18.3. The number of sulfonamides is 1. The number of hydrogen-bond acceptors (Lipinski definition) is 5. The highest BCUT2D eigenvalue weighted by Gasteiger charge is 2.38. The van der Waals surface area contributed by atoms with Crippen LogP contribution in [0, 0.1) is 0 Å². The van der Waals surface area contributed by atoms with E-state index in [4.69, 9.17) is 9.88 Å². The number of aromatic nitrogens is 1. The lowest BCUT2D eigenvalue weighted by Crippen LogP contribution is -2.37. The van der Waals surface area contributed by atoms with Crippen LogP contribution in [0.1, 0.15) is 32.1 Å². The molecule has 1 saturated carbocycles. The molecular formula is C18H21N3O4S. The number of pyridine rings is 1. The summed E-state index contributed by atoms with van der Waals surface area (Å²) in [6, 6.07) is 9.58. The maximum absolute atomic E-state index is 12.5. The minimum atomic E-state index is -3.81. The van der Waals surface area contributed by atoms with Crippen LogP contribution in [0.15, 0.2) is 53.7 Å². The number of carbonyl (C=O) groups is 1. The van der Waals surface area contributed by atoms with Gasteiger partial charge in [-0.3, -0.25) is 9.78 Å². The molecule has 0 unspecified atom stereocenters.